The molecule has 2 aromatic rings. The second-order valence-corrected chi connectivity index (χ2v) is 13.3. The van der Waals surface area contributed by atoms with Gasteiger partial charge in [-0.1, -0.05) is 56.9 Å². The number of phenolic OH excluding ortho intramolecular Hbond substituents is 2. The van der Waals surface area contributed by atoms with E-state index in [-0.39, 0.29) is 11.5 Å². The van der Waals surface area contributed by atoms with E-state index in [4.69, 9.17) is 23.2 Å². The lowest BCUT2D eigenvalue weighted by atomic mass is 10.1. The summed E-state index contributed by atoms with van der Waals surface area (Å²) >= 11 is 15.9. The molecule has 0 aromatic heterocycles. The van der Waals surface area contributed by atoms with Crippen LogP contribution in [0.4, 0.5) is 0 Å². The molecule has 0 atom stereocenters. The fraction of sp³-hybridized carbons (Fsp3) is 0.500. The molecule has 8 heteroatoms. The number of hydrogen-bond acceptors (Lipinski definition) is 6. The first-order chi connectivity index (χ1) is 15.6. The minimum Gasteiger partial charge on any atom is -0.506 e. The van der Waals surface area contributed by atoms with E-state index in [2.05, 4.69) is 0 Å². The minimum atomic E-state index is 0.159. The van der Waals surface area contributed by atoms with E-state index in [0.29, 0.717) is 10.0 Å². The SMILES string of the molecule is Oc1ccc(CCCSCCCSSCCCSCCCc2ccc(O)c(Cl)c2)cc1Cl. The van der Waals surface area contributed by atoms with Crippen molar-refractivity contribution in [2.75, 3.05) is 34.5 Å². The summed E-state index contributed by atoms with van der Waals surface area (Å²) in [6.07, 6.45) is 6.86. The van der Waals surface area contributed by atoms with Crippen molar-refractivity contribution < 1.29 is 10.2 Å². The quantitative estimate of drug-likeness (QED) is 0.152. The lowest BCUT2D eigenvalue weighted by molar-refractivity contribution is 0.475. The molecule has 0 radical (unpaired) electrons. The Bertz CT molecular complexity index is 727. The number of halogens is 2. The lowest BCUT2D eigenvalue weighted by Crippen LogP contribution is -1.91. The maximum atomic E-state index is 9.45. The van der Waals surface area contributed by atoms with Gasteiger partial charge in [0.1, 0.15) is 11.5 Å². The van der Waals surface area contributed by atoms with Crippen molar-refractivity contribution >= 4 is 68.3 Å². The van der Waals surface area contributed by atoms with Crippen molar-refractivity contribution in [3.63, 3.8) is 0 Å². The molecule has 0 unspecified atom stereocenters. The maximum absolute atomic E-state index is 9.45. The van der Waals surface area contributed by atoms with E-state index in [1.165, 1.54) is 58.5 Å². The Balaban J connectivity index is 1.31. The van der Waals surface area contributed by atoms with Gasteiger partial charge in [-0.15, -0.1) is 0 Å². The molecule has 0 fully saturated rings. The lowest BCUT2D eigenvalue weighted by Gasteiger charge is -2.05. The van der Waals surface area contributed by atoms with Gasteiger partial charge in [0.2, 0.25) is 0 Å². The largest absolute Gasteiger partial charge is 0.506 e. The molecular weight excluding hydrogens is 519 g/mol. The topological polar surface area (TPSA) is 40.5 Å². The van der Waals surface area contributed by atoms with Crippen LogP contribution in [-0.2, 0) is 12.8 Å². The summed E-state index contributed by atoms with van der Waals surface area (Å²) in [5.41, 5.74) is 2.39. The van der Waals surface area contributed by atoms with Crippen LogP contribution in [0, 0.1) is 0 Å². The van der Waals surface area contributed by atoms with Crippen LogP contribution in [0.15, 0.2) is 36.4 Å². The fourth-order valence-electron chi connectivity index (χ4n) is 2.93. The van der Waals surface area contributed by atoms with Crippen LogP contribution in [-0.4, -0.2) is 44.7 Å². The third-order valence-corrected chi connectivity index (χ3v) is 10.1. The molecule has 2 N–H and O–H groups in total. The predicted octanol–water partition coefficient (Wildman–Crippen LogP) is 8.60. The first-order valence-corrected chi connectivity index (χ1v) is 16.5. The van der Waals surface area contributed by atoms with Crippen LogP contribution in [0.5, 0.6) is 11.5 Å². The summed E-state index contributed by atoms with van der Waals surface area (Å²) in [5, 5.41) is 19.8. The molecule has 0 aliphatic carbocycles. The average molecular weight is 552 g/mol. The first-order valence-electron chi connectivity index (χ1n) is 10.9. The summed E-state index contributed by atoms with van der Waals surface area (Å²) in [7, 11) is 4.02. The number of rotatable bonds is 17. The predicted molar refractivity (Wildman–Crippen MR) is 152 cm³/mol. The summed E-state index contributed by atoms with van der Waals surface area (Å²) in [6.45, 7) is 0. The molecule has 0 aliphatic heterocycles. The van der Waals surface area contributed by atoms with E-state index in [9.17, 15) is 10.2 Å². The number of benzene rings is 2. The molecule has 2 nitrogen and oxygen atoms in total. The molecular formula is C24H32Cl2O2S4. The zero-order chi connectivity index (χ0) is 23.0. The van der Waals surface area contributed by atoms with Crippen LogP contribution in [0.1, 0.15) is 36.8 Å². The minimum absolute atomic E-state index is 0.159. The van der Waals surface area contributed by atoms with E-state index < -0.39 is 0 Å². The highest BCUT2D eigenvalue weighted by atomic mass is 35.5. The normalized spacial score (nSPS) is 11.2. The zero-order valence-electron chi connectivity index (χ0n) is 18.2. The van der Waals surface area contributed by atoms with E-state index in [1.54, 1.807) is 12.1 Å². The fourth-order valence-corrected chi connectivity index (χ4v) is 7.68. The van der Waals surface area contributed by atoms with Gasteiger partial charge in [-0.25, -0.2) is 0 Å². The van der Waals surface area contributed by atoms with Crippen molar-refractivity contribution in [1.82, 2.24) is 0 Å². The highest BCUT2D eigenvalue weighted by molar-refractivity contribution is 8.76. The number of hydrogen-bond donors (Lipinski definition) is 2. The standard InChI is InChI=1S/C24H32Cl2O2S4/c25-21-17-19(7-9-23(21)27)5-1-11-29-13-3-15-31-32-16-4-14-30-12-2-6-20-8-10-24(28)22(26)18-20/h7-10,17-18,27-28H,1-6,11-16H2. The number of aromatic hydroxyl groups is 2. The summed E-state index contributed by atoms with van der Waals surface area (Å²) in [6, 6.07) is 11.0. The van der Waals surface area contributed by atoms with Crippen molar-refractivity contribution in [2.24, 2.45) is 0 Å². The van der Waals surface area contributed by atoms with Crippen molar-refractivity contribution in [3.05, 3.63) is 57.6 Å². The van der Waals surface area contributed by atoms with Gasteiger partial charge >= 0.3 is 0 Å². The Hall–Kier alpha value is 0.0200. The Morgan fingerprint density at radius 3 is 1.38 bits per heavy atom. The van der Waals surface area contributed by atoms with Crippen molar-refractivity contribution in [1.29, 1.82) is 0 Å². The van der Waals surface area contributed by atoms with Gasteiger partial charge in [-0.2, -0.15) is 23.5 Å². The molecule has 0 saturated heterocycles. The Labute approximate surface area is 219 Å². The second kappa shape index (κ2) is 17.5. The molecule has 2 rings (SSSR count). The number of aryl methyl sites for hydroxylation is 2. The summed E-state index contributed by atoms with van der Waals surface area (Å²) < 4.78 is 0. The van der Waals surface area contributed by atoms with Gasteiger partial charge in [-0.05, 0) is 96.9 Å². The Morgan fingerprint density at radius 2 is 0.969 bits per heavy atom. The van der Waals surface area contributed by atoms with Gasteiger partial charge in [0.05, 0.1) is 10.0 Å². The monoisotopic (exact) mass is 550 g/mol. The summed E-state index contributed by atoms with van der Waals surface area (Å²) in [5.74, 6) is 7.58. The Kier molecular flexibility index (Phi) is 15.4. The van der Waals surface area contributed by atoms with Crippen LogP contribution < -0.4 is 0 Å². The zero-order valence-corrected chi connectivity index (χ0v) is 23.0. The van der Waals surface area contributed by atoms with Crippen LogP contribution in [0.2, 0.25) is 10.0 Å². The summed E-state index contributed by atoms with van der Waals surface area (Å²) in [4.78, 5) is 0. The van der Waals surface area contributed by atoms with E-state index >= 15 is 0 Å². The van der Waals surface area contributed by atoms with Gasteiger partial charge in [-0.3, -0.25) is 0 Å². The average Bonchev–Trinajstić information content (AvgIpc) is 2.78. The first kappa shape index (κ1) is 28.3. The Morgan fingerprint density at radius 1 is 0.562 bits per heavy atom. The van der Waals surface area contributed by atoms with Gasteiger partial charge in [0.25, 0.3) is 0 Å². The molecule has 2 aromatic carbocycles. The molecule has 0 saturated carbocycles. The molecule has 0 heterocycles. The van der Waals surface area contributed by atoms with Gasteiger partial charge in [0.15, 0.2) is 0 Å². The second-order valence-electron chi connectivity index (χ2n) is 7.35. The van der Waals surface area contributed by atoms with Crippen LogP contribution >= 0.6 is 68.3 Å². The molecule has 0 bridgehead atoms. The third-order valence-electron chi connectivity index (χ3n) is 4.65. The molecule has 0 aliphatic rings. The smallest absolute Gasteiger partial charge is 0.134 e. The van der Waals surface area contributed by atoms with Gasteiger partial charge < -0.3 is 10.2 Å². The number of phenols is 2. The van der Waals surface area contributed by atoms with Crippen molar-refractivity contribution in [2.45, 2.75) is 38.5 Å². The van der Waals surface area contributed by atoms with Gasteiger partial charge in [0, 0.05) is 11.5 Å². The highest BCUT2D eigenvalue weighted by Gasteiger charge is 2.02. The molecule has 0 amide bonds. The molecule has 0 spiro atoms. The van der Waals surface area contributed by atoms with Crippen molar-refractivity contribution in [3.8, 4) is 11.5 Å². The number of thioether (sulfide) groups is 2. The van der Waals surface area contributed by atoms with Crippen LogP contribution in [0.3, 0.4) is 0 Å². The third kappa shape index (κ3) is 12.5. The highest BCUT2D eigenvalue weighted by Crippen LogP contribution is 2.26. The van der Waals surface area contributed by atoms with Crippen LogP contribution in [0.25, 0.3) is 0 Å². The maximum Gasteiger partial charge on any atom is 0.134 e. The molecule has 178 valence electrons. The van der Waals surface area contributed by atoms with E-state index in [1.807, 2.05) is 69.4 Å². The van der Waals surface area contributed by atoms with E-state index in [0.717, 1.165) is 25.7 Å². The molecule has 32 heavy (non-hydrogen) atoms.